The van der Waals surface area contributed by atoms with Gasteiger partial charge in [-0.1, -0.05) is 30.3 Å². The Morgan fingerprint density at radius 1 is 1.06 bits per heavy atom. The summed E-state index contributed by atoms with van der Waals surface area (Å²) in [5, 5.41) is 14.0. The molecular formula is C25H21FN2O5. The number of amides is 2. The lowest BCUT2D eigenvalue weighted by molar-refractivity contribution is -0.133. The molecule has 168 valence electrons. The maximum absolute atomic E-state index is 13.8. The van der Waals surface area contributed by atoms with Crippen molar-refractivity contribution in [3.63, 3.8) is 0 Å². The van der Waals surface area contributed by atoms with Gasteiger partial charge in [0.05, 0.1) is 17.9 Å². The zero-order valence-electron chi connectivity index (χ0n) is 17.7. The minimum Gasteiger partial charge on any atom is -0.462 e. The second-order valence-corrected chi connectivity index (χ2v) is 7.48. The Hall–Kier alpha value is -4.04. The third-order valence-corrected chi connectivity index (χ3v) is 5.36. The van der Waals surface area contributed by atoms with E-state index in [9.17, 15) is 23.9 Å². The Morgan fingerprint density at radius 2 is 1.79 bits per heavy atom. The zero-order chi connectivity index (χ0) is 23.6. The van der Waals surface area contributed by atoms with Crippen molar-refractivity contribution in [2.75, 3.05) is 23.4 Å². The molecule has 1 aliphatic heterocycles. The van der Waals surface area contributed by atoms with Crippen LogP contribution >= 0.6 is 0 Å². The quantitative estimate of drug-likeness (QED) is 0.565. The Bertz CT molecular complexity index is 1230. The van der Waals surface area contributed by atoms with E-state index in [0.29, 0.717) is 16.9 Å². The fraction of sp³-hybridized carbons (Fsp3) is 0.160. The molecule has 0 saturated heterocycles. The summed E-state index contributed by atoms with van der Waals surface area (Å²) in [6.07, 6.45) is 0. The Balaban J connectivity index is 1.55. The van der Waals surface area contributed by atoms with E-state index in [1.807, 2.05) is 0 Å². The van der Waals surface area contributed by atoms with Crippen molar-refractivity contribution >= 4 is 29.2 Å². The van der Waals surface area contributed by atoms with E-state index in [-0.39, 0.29) is 24.3 Å². The topological polar surface area (TPSA) is 95.9 Å². The van der Waals surface area contributed by atoms with E-state index in [0.717, 1.165) is 6.07 Å². The number of anilines is 2. The Kier molecular flexibility index (Phi) is 5.93. The van der Waals surface area contributed by atoms with Crippen LogP contribution in [0.2, 0.25) is 0 Å². The summed E-state index contributed by atoms with van der Waals surface area (Å²) in [6, 6.07) is 17.9. The highest BCUT2D eigenvalue weighted by Crippen LogP contribution is 2.44. The summed E-state index contributed by atoms with van der Waals surface area (Å²) in [4.78, 5) is 38.9. The summed E-state index contributed by atoms with van der Waals surface area (Å²) in [5.74, 6) is -2.31. The fourth-order valence-corrected chi connectivity index (χ4v) is 3.83. The summed E-state index contributed by atoms with van der Waals surface area (Å²) < 4.78 is 18.8. The molecule has 3 aromatic carbocycles. The molecule has 2 N–H and O–H groups in total. The number of para-hydroxylation sites is 1. The number of fused-ring (bicyclic) bond motifs is 1. The lowest BCUT2D eigenvalue weighted by atomic mass is 9.87. The molecule has 33 heavy (non-hydrogen) atoms. The molecule has 0 aliphatic carbocycles. The number of benzene rings is 3. The van der Waals surface area contributed by atoms with Gasteiger partial charge in [-0.25, -0.2) is 9.18 Å². The molecule has 1 aliphatic rings. The highest BCUT2D eigenvalue weighted by Gasteiger charge is 2.51. The van der Waals surface area contributed by atoms with E-state index in [4.69, 9.17) is 4.74 Å². The van der Waals surface area contributed by atoms with Gasteiger partial charge in [0.25, 0.3) is 5.91 Å². The highest BCUT2D eigenvalue weighted by molar-refractivity contribution is 6.12. The van der Waals surface area contributed by atoms with Crippen molar-refractivity contribution < 1.29 is 28.6 Å². The smallest absolute Gasteiger partial charge is 0.338 e. The van der Waals surface area contributed by atoms with Crippen LogP contribution in [0.25, 0.3) is 0 Å². The average molecular weight is 448 g/mol. The molecule has 0 bridgehead atoms. The number of nitrogens with one attached hydrogen (secondary N) is 1. The van der Waals surface area contributed by atoms with Crippen LogP contribution in [0.3, 0.4) is 0 Å². The van der Waals surface area contributed by atoms with Crippen LogP contribution in [0.5, 0.6) is 0 Å². The van der Waals surface area contributed by atoms with Gasteiger partial charge in [-0.15, -0.1) is 0 Å². The van der Waals surface area contributed by atoms with E-state index in [1.54, 1.807) is 43.3 Å². The predicted octanol–water partition coefficient (Wildman–Crippen LogP) is 3.22. The lowest BCUT2D eigenvalue weighted by Crippen LogP contribution is -2.44. The molecule has 0 aromatic heterocycles. The number of carbonyl (C=O) groups is 3. The minimum absolute atomic E-state index is 0.0809. The number of nitrogens with zero attached hydrogens (tertiary/aromatic N) is 1. The number of hydrogen-bond acceptors (Lipinski definition) is 5. The van der Waals surface area contributed by atoms with Crippen LogP contribution in [0, 0.1) is 5.82 Å². The molecule has 0 spiro atoms. The van der Waals surface area contributed by atoms with Crippen LogP contribution in [-0.4, -0.2) is 36.0 Å². The molecule has 0 radical (unpaired) electrons. The number of aliphatic hydroxyl groups is 1. The van der Waals surface area contributed by atoms with Gasteiger partial charge in [0.15, 0.2) is 5.60 Å². The largest absolute Gasteiger partial charge is 0.462 e. The second-order valence-electron chi connectivity index (χ2n) is 7.48. The SMILES string of the molecule is CCOC(=O)c1ccc(NC(=O)CN2C(=O)[C@@](O)(c3cccc(F)c3)c3ccccc32)cc1. The van der Waals surface area contributed by atoms with Crippen molar-refractivity contribution in [3.8, 4) is 0 Å². The number of halogens is 1. The molecule has 2 amide bonds. The maximum atomic E-state index is 13.8. The van der Waals surface area contributed by atoms with Gasteiger partial charge in [-0.05, 0) is 49.4 Å². The standard InChI is InChI=1S/C25H21FN2O5/c1-2-33-23(30)16-10-12-19(13-11-16)27-22(29)15-28-21-9-4-3-8-20(21)25(32,24(28)31)17-6-5-7-18(26)14-17/h3-14,32H,2,15H2,1H3,(H,27,29)/t25-/m1/s1. The first-order valence-corrected chi connectivity index (χ1v) is 10.3. The zero-order valence-corrected chi connectivity index (χ0v) is 17.7. The number of ether oxygens (including phenoxy) is 1. The van der Waals surface area contributed by atoms with Crippen molar-refractivity contribution in [2.24, 2.45) is 0 Å². The number of rotatable bonds is 6. The molecule has 0 saturated carbocycles. The van der Waals surface area contributed by atoms with Gasteiger partial charge >= 0.3 is 5.97 Å². The van der Waals surface area contributed by atoms with Crippen molar-refractivity contribution in [2.45, 2.75) is 12.5 Å². The highest BCUT2D eigenvalue weighted by atomic mass is 19.1. The molecule has 8 heteroatoms. The monoisotopic (exact) mass is 448 g/mol. The minimum atomic E-state index is -2.11. The van der Waals surface area contributed by atoms with E-state index in [2.05, 4.69) is 5.32 Å². The van der Waals surface area contributed by atoms with Gasteiger partial charge in [0.1, 0.15) is 12.4 Å². The first kappa shape index (κ1) is 22.2. The second kappa shape index (κ2) is 8.84. The first-order chi connectivity index (χ1) is 15.8. The van der Waals surface area contributed by atoms with Gasteiger partial charge < -0.3 is 15.2 Å². The van der Waals surface area contributed by atoms with Gasteiger partial charge in [-0.2, -0.15) is 0 Å². The predicted molar refractivity (Wildman–Crippen MR) is 119 cm³/mol. The van der Waals surface area contributed by atoms with Crippen LogP contribution in [0.4, 0.5) is 15.8 Å². The fourth-order valence-electron chi connectivity index (χ4n) is 3.83. The maximum Gasteiger partial charge on any atom is 0.338 e. The van der Waals surface area contributed by atoms with Crippen LogP contribution < -0.4 is 10.2 Å². The third kappa shape index (κ3) is 4.08. The summed E-state index contributed by atoms with van der Waals surface area (Å²) in [5.41, 5.74) is -0.626. The van der Waals surface area contributed by atoms with Crippen molar-refractivity contribution in [1.82, 2.24) is 0 Å². The summed E-state index contributed by atoms with van der Waals surface area (Å²) in [6.45, 7) is 1.59. The molecule has 3 aromatic rings. The normalized spacial score (nSPS) is 16.9. The average Bonchev–Trinajstić information content (AvgIpc) is 3.02. The van der Waals surface area contributed by atoms with Crippen LogP contribution in [0.1, 0.15) is 28.4 Å². The van der Waals surface area contributed by atoms with Crippen LogP contribution in [0.15, 0.2) is 72.8 Å². The summed E-state index contributed by atoms with van der Waals surface area (Å²) in [7, 11) is 0. The molecule has 7 nitrogen and oxygen atoms in total. The molecule has 0 fully saturated rings. The molecular weight excluding hydrogens is 427 g/mol. The number of esters is 1. The molecule has 4 rings (SSSR count). The van der Waals surface area contributed by atoms with E-state index in [1.165, 1.54) is 35.2 Å². The van der Waals surface area contributed by atoms with Gasteiger partial charge in [-0.3, -0.25) is 14.5 Å². The Morgan fingerprint density at radius 3 is 2.48 bits per heavy atom. The number of carbonyl (C=O) groups excluding carboxylic acids is 3. The van der Waals surface area contributed by atoms with Gasteiger partial charge in [0.2, 0.25) is 5.91 Å². The van der Waals surface area contributed by atoms with E-state index >= 15 is 0 Å². The summed E-state index contributed by atoms with van der Waals surface area (Å²) >= 11 is 0. The first-order valence-electron chi connectivity index (χ1n) is 10.3. The molecule has 1 atom stereocenters. The van der Waals surface area contributed by atoms with Crippen LogP contribution in [-0.2, 0) is 19.9 Å². The molecule has 1 heterocycles. The number of hydrogen-bond donors (Lipinski definition) is 2. The van der Waals surface area contributed by atoms with Crippen molar-refractivity contribution in [1.29, 1.82) is 0 Å². The van der Waals surface area contributed by atoms with Gasteiger partial charge in [0, 0.05) is 16.8 Å². The van der Waals surface area contributed by atoms with E-state index < -0.39 is 29.2 Å². The lowest BCUT2D eigenvalue weighted by Gasteiger charge is -2.23. The third-order valence-electron chi connectivity index (χ3n) is 5.36. The van der Waals surface area contributed by atoms with Crippen molar-refractivity contribution in [3.05, 3.63) is 95.3 Å². The Labute approximate surface area is 189 Å². The molecule has 0 unspecified atom stereocenters.